The molecule has 0 rings (SSSR count). The number of hydrogen-bond acceptors (Lipinski definition) is 5. The van der Waals surface area contributed by atoms with Gasteiger partial charge >= 0.3 is 5.51 Å². The molecule has 0 radical (unpaired) electrons. The van der Waals surface area contributed by atoms with Gasteiger partial charge in [-0.2, -0.15) is 13.2 Å². The van der Waals surface area contributed by atoms with E-state index in [2.05, 4.69) is 69.3 Å². The zero-order valence-electron chi connectivity index (χ0n) is 19.7. The van der Waals surface area contributed by atoms with Crippen LogP contribution in [0.2, 0.25) is 0 Å². The van der Waals surface area contributed by atoms with Crippen molar-refractivity contribution in [2.24, 2.45) is 0 Å². The topological polar surface area (TPSA) is 66.7 Å². The van der Waals surface area contributed by atoms with Crippen LogP contribution >= 0.6 is 43.0 Å². The maximum absolute atomic E-state index is 10.7. The molecule has 0 spiro atoms. The van der Waals surface area contributed by atoms with E-state index in [9.17, 15) is 13.2 Å². The first-order valence-electron chi connectivity index (χ1n) is 9.39. The molecule has 0 bridgehead atoms. The third-order valence-electron chi connectivity index (χ3n) is 3.37. The first kappa shape index (κ1) is 36.2. The molecule has 0 heterocycles. The average molecular weight is 557 g/mol. The molecule has 0 aliphatic rings. The Morgan fingerprint density at radius 2 is 1.10 bits per heavy atom. The van der Waals surface area contributed by atoms with Crippen molar-refractivity contribution < 1.29 is 30.7 Å². The Morgan fingerprint density at radius 3 is 1.19 bits per heavy atom. The summed E-state index contributed by atoms with van der Waals surface area (Å²) in [5, 5.41) is 0.194. The molecule has 6 nitrogen and oxygen atoms in total. The fraction of sp³-hybridized carbons (Fsp3) is 0.941. The van der Waals surface area contributed by atoms with Gasteiger partial charge in [-0.3, -0.25) is 9.34 Å². The second-order valence-electron chi connectivity index (χ2n) is 7.59. The van der Waals surface area contributed by atoms with Gasteiger partial charge in [0.05, 0.1) is 5.34 Å². The lowest BCUT2D eigenvalue weighted by molar-refractivity contribution is -0.459. The monoisotopic (exact) mass is 555 g/mol. The lowest BCUT2D eigenvalue weighted by Gasteiger charge is -2.44. The van der Waals surface area contributed by atoms with Gasteiger partial charge in [-0.25, -0.2) is 13.0 Å². The maximum atomic E-state index is 10.7. The van der Waals surface area contributed by atoms with Crippen molar-refractivity contribution in [3.8, 4) is 0 Å². The first-order chi connectivity index (χ1) is 13.7. The zero-order chi connectivity index (χ0) is 25.9. The van der Waals surface area contributed by atoms with Gasteiger partial charge in [0.2, 0.25) is 0 Å². The predicted molar refractivity (Wildman–Crippen MR) is 126 cm³/mol. The molecular formula is C17H36Cl3F3N3O3PS. The van der Waals surface area contributed by atoms with E-state index in [0.717, 1.165) is 4.91 Å². The molecule has 0 amide bonds. The fourth-order valence-corrected chi connectivity index (χ4v) is 5.81. The highest BCUT2D eigenvalue weighted by Gasteiger charge is 2.39. The highest BCUT2D eigenvalue weighted by Crippen LogP contribution is 2.51. The molecule has 0 aromatic heterocycles. The lowest BCUT2D eigenvalue weighted by atomic mass is 10.3. The molecular weight excluding hydrogens is 521 g/mol. The van der Waals surface area contributed by atoms with Crippen LogP contribution in [-0.2, 0) is 10.1 Å². The molecule has 0 saturated carbocycles. The van der Waals surface area contributed by atoms with Crippen LogP contribution in [0.1, 0.15) is 55.4 Å². The molecule has 190 valence electrons. The summed E-state index contributed by atoms with van der Waals surface area (Å²) in [6.45, 7) is 18.1. The van der Waals surface area contributed by atoms with Gasteiger partial charge in [0.25, 0.3) is 4.91 Å². The minimum atomic E-state index is -6.09. The van der Waals surface area contributed by atoms with Gasteiger partial charge in [-0.1, -0.05) is 0 Å². The Morgan fingerprint density at radius 1 is 0.903 bits per heavy atom. The second kappa shape index (κ2) is 16.3. The molecule has 31 heavy (non-hydrogen) atoms. The number of rotatable bonds is 7. The number of nitrogens with zero attached hydrogens (tertiary/aromatic N) is 3. The molecule has 0 N–H and O–H groups in total. The summed E-state index contributed by atoms with van der Waals surface area (Å²) in [7, 11) is -2.69. The predicted octanol–water partition coefficient (Wildman–Crippen LogP) is 5.88. The van der Waals surface area contributed by atoms with Gasteiger partial charge < -0.3 is 4.55 Å². The number of alkyl halides is 5. The first-order valence-corrected chi connectivity index (χ1v) is 13.5. The average Bonchev–Trinajstić information content (AvgIpc) is 2.51. The fourth-order valence-electron chi connectivity index (χ4n) is 2.56. The standard InChI is InChI=1S/C15H34ClN3P.CH2Cl2.CHF3O3S/c1-11(2)18(12(3)4)20(15(16)17(9)10)19(13(5)6)14(7)8;2-1-3;2-1(3,4)8(5,6)7/h11-14H,1-10H3;1H2;(H,5,6,7)/q+1;;/p-1. The van der Waals surface area contributed by atoms with Crippen LogP contribution in [0.4, 0.5) is 13.2 Å². The molecule has 0 fully saturated rings. The van der Waals surface area contributed by atoms with E-state index in [-0.39, 0.29) is 5.34 Å². The summed E-state index contributed by atoms with van der Waals surface area (Å²) in [6, 6.07) is 1.87. The molecule has 14 heteroatoms. The van der Waals surface area contributed by atoms with Crippen molar-refractivity contribution in [3.05, 3.63) is 0 Å². The molecule has 0 saturated heterocycles. The van der Waals surface area contributed by atoms with E-state index in [1.165, 1.54) is 0 Å². The summed E-state index contributed by atoms with van der Waals surface area (Å²) in [4.78, 5) is 0.949. The van der Waals surface area contributed by atoms with E-state index in [4.69, 9.17) is 47.8 Å². The van der Waals surface area contributed by atoms with Crippen LogP contribution < -0.4 is 0 Å². The highest BCUT2D eigenvalue weighted by molar-refractivity contribution is 7.86. The van der Waals surface area contributed by atoms with Crippen LogP contribution in [0.25, 0.3) is 0 Å². The summed E-state index contributed by atoms with van der Waals surface area (Å²) >= 11 is 16.3. The van der Waals surface area contributed by atoms with Gasteiger partial charge in [-0.05, 0) is 67.0 Å². The summed E-state index contributed by atoms with van der Waals surface area (Å²) in [5.74, 6) is 0. The Balaban J connectivity index is -0.000000589. The molecule has 0 unspecified atom stereocenters. The van der Waals surface area contributed by atoms with Crippen molar-refractivity contribution in [1.82, 2.24) is 9.34 Å². The van der Waals surface area contributed by atoms with Crippen molar-refractivity contribution in [3.63, 3.8) is 0 Å². The Hall–Kier alpha value is 0.590. The summed E-state index contributed by atoms with van der Waals surface area (Å²) < 4.78 is 66.1. The van der Waals surface area contributed by atoms with Crippen LogP contribution in [0, 0.1) is 0 Å². The minimum Gasteiger partial charge on any atom is -0.741 e. The Kier molecular flexibility index (Phi) is 19.0. The number of halogens is 6. The normalized spacial score (nSPS) is 12.5. The van der Waals surface area contributed by atoms with Gasteiger partial charge in [-0.15, -0.1) is 23.2 Å². The van der Waals surface area contributed by atoms with Gasteiger partial charge in [0, 0.05) is 24.2 Å². The Bertz CT molecular complexity index is 595. The smallest absolute Gasteiger partial charge is 0.485 e. The Labute approximate surface area is 202 Å². The lowest BCUT2D eigenvalue weighted by Crippen LogP contribution is -2.44. The SMILES string of the molecule is CC(C)N(C(C)C)P(C(Cl)=[N+](C)C)N(C(C)C)C(C)C.ClCCl.O=S(=O)([O-])C(F)(F)F. The summed E-state index contributed by atoms with van der Waals surface area (Å²) in [5.41, 5.74) is -5.65. The van der Waals surface area contributed by atoms with Crippen molar-refractivity contribution in [1.29, 1.82) is 0 Å². The van der Waals surface area contributed by atoms with E-state index >= 15 is 0 Å². The van der Waals surface area contributed by atoms with E-state index in [1.54, 1.807) is 0 Å². The molecule has 0 atom stereocenters. The van der Waals surface area contributed by atoms with Crippen LogP contribution in [0.3, 0.4) is 0 Å². The van der Waals surface area contributed by atoms with Crippen LogP contribution in [0.5, 0.6) is 0 Å². The van der Waals surface area contributed by atoms with E-state index in [1.807, 2.05) is 14.1 Å². The molecule has 0 aliphatic carbocycles. The van der Waals surface area contributed by atoms with Crippen LogP contribution in [-0.4, -0.2) is 80.9 Å². The highest BCUT2D eigenvalue weighted by atomic mass is 35.5. The zero-order valence-corrected chi connectivity index (χ0v) is 23.7. The van der Waals surface area contributed by atoms with Crippen molar-refractivity contribution in [2.45, 2.75) is 85.1 Å². The van der Waals surface area contributed by atoms with Gasteiger partial charge in [0.1, 0.15) is 14.1 Å². The molecule has 0 aromatic carbocycles. The minimum absolute atomic E-state index is 0.194. The maximum Gasteiger partial charge on any atom is 0.485 e. The third kappa shape index (κ3) is 14.5. The van der Waals surface area contributed by atoms with Crippen LogP contribution in [0.15, 0.2) is 0 Å². The quantitative estimate of drug-likeness (QED) is 0.0979. The third-order valence-corrected chi connectivity index (χ3v) is 8.18. The van der Waals surface area contributed by atoms with E-state index < -0.39 is 23.8 Å². The molecule has 0 aliphatic heterocycles. The van der Waals surface area contributed by atoms with Crippen molar-refractivity contribution >= 4 is 58.1 Å². The number of hydrogen-bond donors (Lipinski definition) is 0. The van der Waals surface area contributed by atoms with Crippen molar-refractivity contribution in [2.75, 3.05) is 19.4 Å². The molecule has 0 aromatic rings. The van der Waals surface area contributed by atoms with E-state index in [0.29, 0.717) is 24.2 Å². The summed E-state index contributed by atoms with van der Waals surface area (Å²) in [6.07, 6.45) is 0. The largest absolute Gasteiger partial charge is 0.741 e. The second-order valence-corrected chi connectivity index (χ2v) is 12.3. The van der Waals surface area contributed by atoms with Gasteiger partial charge in [0.15, 0.2) is 18.3 Å².